The molecule has 5 nitrogen and oxygen atoms in total. The van der Waals surface area contributed by atoms with Crippen molar-refractivity contribution in [1.82, 2.24) is 9.88 Å². The lowest BCUT2D eigenvalue weighted by atomic mass is 10.1. The molecule has 0 aliphatic rings. The van der Waals surface area contributed by atoms with Gasteiger partial charge in [-0.2, -0.15) is 0 Å². The Labute approximate surface area is 159 Å². The van der Waals surface area contributed by atoms with E-state index in [0.29, 0.717) is 13.0 Å². The lowest BCUT2D eigenvalue weighted by molar-refractivity contribution is -0.132. The molecule has 0 atom stereocenters. The SMILES string of the molecule is CC(=O)N(CCc1c[nH]c2ccccc12)CC(=O)Nc1c(C)cccc1C. The molecule has 0 spiro atoms. The Bertz CT molecular complexity index is 954. The number of rotatable bonds is 6. The van der Waals surface area contributed by atoms with Crippen LogP contribution in [-0.2, 0) is 16.0 Å². The van der Waals surface area contributed by atoms with Crippen LogP contribution in [0.4, 0.5) is 5.69 Å². The number of carbonyl (C=O) groups excluding carboxylic acids is 2. The molecule has 5 heteroatoms. The highest BCUT2D eigenvalue weighted by atomic mass is 16.2. The van der Waals surface area contributed by atoms with Crippen LogP contribution in [0.1, 0.15) is 23.6 Å². The summed E-state index contributed by atoms with van der Waals surface area (Å²) in [5, 5.41) is 4.10. The molecule has 1 heterocycles. The quantitative estimate of drug-likeness (QED) is 0.699. The number of H-pyrrole nitrogens is 1. The van der Waals surface area contributed by atoms with Crippen molar-refractivity contribution in [2.24, 2.45) is 0 Å². The summed E-state index contributed by atoms with van der Waals surface area (Å²) in [4.78, 5) is 29.4. The number of para-hydroxylation sites is 2. The second-order valence-corrected chi connectivity index (χ2v) is 6.87. The van der Waals surface area contributed by atoms with Crippen molar-refractivity contribution in [3.8, 4) is 0 Å². The summed E-state index contributed by atoms with van der Waals surface area (Å²) in [5.41, 5.74) is 5.07. The number of anilines is 1. The van der Waals surface area contributed by atoms with Crippen molar-refractivity contribution in [1.29, 1.82) is 0 Å². The van der Waals surface area contributed by atoms with Crippen LogP contribution in [0.15, 0.2) is 48.7 Å². The molecule has 2 aromatic carbocycles. The molecule has 0 saturated heterocycles. The standard InChI is InChI=1S/C22H25N3O2/c1-15-7-6-8-16(2)22(15)24-21(27)14-25(17(3)26)12-11-18-13-23-20-10-5-4-9-19(18)20/h4-10,13,23H,11-12,14H2,1-3H3,(H,24,27). The van der Waals surface area contributed by atoms with E-state index >= 15 is 0 Å². The smallest absolute Gasteiger partial charge is 0.244 e. The van der Waals surface area contributed by atoms with Crippen LogP contribution in [-0.4, -0.2) is 34.8 Å². The molecule has 0 aliphatic carbocycles. The summed E-state index contributed by atoms with van der Waals surface area (Å²) in [6.45, 7) is 5.97. The lowest BCUT2D eigenvalue weighted by Gasteiger charge is -2.21. The number of nitrogens with zero attached hydrogens (tertiary/aromatic N) is 1. The van der Waals surface area contributed by atoms with Crippen molar-refractivity contribution >= 4 is 28.4 Å². The molecule has 0 bridgehead atoms. The van der Waals surface area contributed by atoms with Crippen LogP contribution in [0.25, 0.3) is 10.9 Å². The minimum atomic E-state index is -0.179. The van der Waals surface area contributed by atoms with E-state index in [2.05, 4.69) is 16.4 Å². The summed E-state index contributed by atoms with van der Waals surface area (Å²) in [7, 11) is 0. The highest BCUT2D eigenvalue weighted by molar-refractivity contribution is 5.95. The first-order valence-electron chi connectivity index (χ1n) is 9.12. The fourth-order valence-corrected chi connectivity index (χ4v) is 3.31. The molecular weight excluding hydrogens is 338 g/mol. The molecule has 2 amide bonds. The first-order chi connectivity index (χ1) is 13.0. The van der Waals surface area contributed by atoms with E-state index in [-0.39, 0.29) is 18.4 Å². The van der Waals surface area contributed by atoms with Gasteiger partial charge in [0.1, 0.15) is 0 Å². The average molecular weight is 363 g/mol. The molecule has 3 aromatic rings. The molecule has 140 valence electrons. The first kappa shape index (κ1) is 18.7. The molecule has 2 N–H and O–H groups in total. The van der Waals surface area contributed by atoms with Gasteiger partial charge in [0.25, 0.3) is 0 Å². The van der Waals surface area contributed by atoms with Crippen LogP contribution in [0.3, 0.4) is 0 Å². The van der Waals surface area contributed by atoms with E-state index in [1.807, 2.05) is 56.4 Å². The predicted octanol–water partition coefficient (Wildman–Crippen LogP) is 3.81. The molecule has 0 radical (unpaired) electrons. The van der Waals surface area contributed by atoms with Gasteiger partial charge in [-0.15, -0.1) is 0 Å². The Balaban J connectivity index is 1.65. The number of amides is 2. The molecule has 0 saturated carbocycles. The van der Waals surface area contributed by atoms with E-state index in [1.165, 1.54) is 6.92 Å². The van der Waals surface area contributed by atoms with Gasteiger partial charge in [-0.1, -0.05) is 36.4 Å². The number of fused-ring (bicyclic) bond motifs is 1. The Morgan fingerprint density at radius 1 is 1.04 bits per heavy atom. The third kappa shape index (κ3) is 4.37. The van der Waals surface area contributed by atoms with E-state index in [0.717, 1.165) is 33.3 Å². The number of nitrogens with one attached hydrogen (secondary N) is 2. The van der Waals surface area contributed by atoms with E-state index in [1.54, 1.807) is 4.90 Å². The number of hydrogen-bond donors (Lipinski definition) is 2. The van der Waals surface area contributed by atoms with Gasteiger partial charge >= 0.3 is 0 Å². The third-order valence-electron chi connectivity index (χ3n) is 4.85. The van der Waals surface area contributed by atoms with Crippen LogP contribution in [0, 0.1) is 13.8 Å². The van der Waals surface area contributed by atoms with Gasteiger partial charge in [0.05, 0.1) is 6.54 Å². The second kappa shape index (κ2) is 8.08. The second-order valence-electron chi connectivity index (χ2n) is 6.87. The van der Waals surface area contributed by atoms with E-state index in [9.17, 15) is 9.59 Å². The number of hydrogen-bond acceptors (Lipinski definition) is 2. The normalized spacial score (nSPS) is 10.8. The monoisotopic (exact) mass is 363 g/mol. The number of aromatic nitrogens is 1. The average Bonchev–Trinajstić information content (AvgIpc) is 3.05. The van der Waals surface area contributed by atoms with Gasteiger partial charge in [-0.3, -0.25) is 9.59 Å². The maximum absolute atomic E-state index is 12.5. The van der Waals surface area contributed by atoms with Crippen molar-refractivity contribution in [3.63, 3.8) is 0 Å². The van der Waals surface area contributed by atoms with E-state index < -0.39 is 0 Å². The van der Waals surface area contributed by atoms with Crippen LogP contribution < -0.4 is 5.32 Å². The van der Waals surface area contributed by atoms with Gasteiger partial charge in [0, 0.05) is 36.3 Å². The van der Waals surface area contributed by atoms with Crippen LogP contribution in [0.2, 0.25) is 0 Å². The number of benzene rings is 2. The Kier molecular flexibility index (Phi) is 5.60. The number of aryl methyl sites for hydroxylation is 2. The van der Waals surface area contributed by atoms with Gasteiger partial charge in [0.15, 0.2) is 0 Å². The van der Waals surface area contributed by atoms with Crippen molar-refractivity contribution in [2.45, 2.75) is 27.2 Å². The van der Waals surface area contributed by atoms with Crippen molar-refractivity contribution in [2.75, 3.05) is 18.4 Å². The van der Waals surface area contributed by atoms with Crippen LogP contribution in [0.5, 0.6) is 0 Å². The molecule has 0 unspecified atom stereocenters. The largest absolute Gasteiger partial charge is 0.361 e. The zero-order chi connectivity index (χ0) is 19.4. The Morgan fingerprint density at radius 3 is 2.44 bits per heavy atom. The molecule has 27 heavy (non-hydrogen) atoms. The van der Waals surface area contributed by atoms with Gasteiger partial charge in [-0.25, -0.2) is 0 Å². The van der Waals surface area contributed by atoms with Crippen molar-refractivity contribution < 1.29 is 9.59 Å². The summed E-state index contributed by atoms with van der Waals surface area (Å²) < 4.78 is 0. The fourth-order valence-electron chi connectivity index (χ4n) is 3.31. The van der Waals surface area contributed by atoms with Crippen molar-refractivity contribution in [3.05, 3.63) is 65.4 Å². The van der Waals surface area contributed by atoms with Crippen LogP contribution >= 0.6 is 0 Å². The summed E-state index contributed by atoms with van der Waals surface area (Å²) >= 11 is 0. The first-order valence-corrected chi connectivity index (χ1v) is 9.12. The number of carbonyl (C=O) groups is 2. The summed E-state index contributed by atoms with van der Waals surface area (Å²) in [5.74, 6) is -0.284. The zero-order valence-electron chi connectivity index (χ0n) is 16.0. The topological polar surface area (TPSA) is 65.2 Å². The minimum absolute atomic E-state index is 0.0471. The van der Waals surface area contributed by atoms with E-state index in [4.69, 9.17) is 0 Å². The van der Waals surface area contributed by atoms with Gasteiger partial charge in [0.2, 0.25) is 11.8 Å². The minimum Gasteiger partial charge on any atom is -0.361 e. The van der Waals surface area contributed by atoms with Gasteiger partial charge < -0.3 is 15.2 Å². The lowest BCUT2D eigenvalue weighted by Crippen LogP contribution is -2.38. The Hall–Kier alpha value is -3.08. The zero-order valence-corrected chi connectivity index (χ0v) is 16.0. The summed E-state index contributed by atoms with van der Waals surface area (Å²) in [6, 6.07) is 14.0. The molecule has 0 aliphatic heterocycles. The Morgan fingerprint density at radius 2 is 1.74 bits per heavy atom. The predicted molar refractivity (Wildman–Crippen MR) is 109 cm³/mol. The highest BCUT2D eigenvalue weighted by Crippen LogP contribution is 2.20. The molecule has 1 aromatic heterocycles. The number of aromatic amines is 1. The summed E-state index contributed by atoms with van der Waals surface area (Å²) in [6.07, 6.45) is 2.67. The fraction of sp³-hybridized carbons (Fsp3) is 0.273. The highest BCUT2D eigenvalue weighted by Gasteiger charge is 2.16. The maximum Gasteiger partial charge on any atom is 0.244 e. The molecular formula is C22H25N3O2. The van der Waals surface area contributed by atoms with Gasteiger partial charge in [-0.05, 0) is 43.0 Å². The third-order valence-corrected chi connectivity index (χ3v) is 4.85. The maximum atomic E-state index is 12.5. The molecule has 0 fully saturated rings. The molecule has 3 rings (SSSR count).